The summed E-state index contributed by atoms with van der Waals surface area (Å²) in [5, 5.41) is 3.75. The van der Waals surface area contributed by atoms with Crippen molar-refractivity contribution in [2.45, 2.75) is 32.4 Å². The minimum atomic E-state index is 0.222. The van der Waals surface area contributed by atoms with Gasteiger partial charge in [-0.15, -0.1) is 0 Å². The summed E-state index contributed by atoms with van der Waals surface area (Å²) in [6.45, 7) is 4.53. The molecule has 1 aliphatic rings. The number of hydrogen-bond acceptors (Lipinski definition) is 4. The standard InChI is InChI=1S/C19H25N5O/c1-14-4-3-8-24-16(13-22-18(14)24)12-21-17(15-5-10-25-11-6-15)19-20-7-9-23(19)2/h3-4,7-9,13,15,17,21H,5-6,10-12H2,1-2H3. The Kier molecular flexibility index (Phi) is 4.55. The summed E-state index contributed by atoms with van der Waals surface area (Å²) in [5.74, 6) is 1.63. The molecule has 0 amide bonds. The van der Waals surface area contributed by atoms with Crippen molar-refractivity contribution in [3.63, 3.8) is 0 Å². The Morgan fingerprint density at radius 2 is 2.12 bits per heavy atom. The van der Waals surface area contributed by atoms with Crippen LogP contribution in [0.5, 0.6) is 0 Å². The largest absolute Gasteiger partial charge is 0.381 e. The van der Waals surface area contributed by atoms with Crippen LogP contribution in [0.25, 0.3) is 5.65 Å². The summed E-state index contributed by atoms with van der Waals surface area (Å²) < 4.78 is 9.83. The molecular formula is C19H25N5O. The van der Waals surface area contributed by atoms with E-state index < -0.39 is 0 Å². The van der Waals surface area contributed by atoms with Crippen molar-refractivity contribution in [1.82, 2.24) is 24.3 Å². The van der Waals surface area contributed by atoms with Gasteiger partial charge < -0.3 is 19.0 Å². The van der Waals surface area contributed by atoms with Gasteiger partial charge in [0.15, 0.2) is 0 Å². The van der Waals surface area contributed by atoms with E-state index in [1.165, 1.54) is 11.3 Å². The molecule has 1 N–H and O–H groups in total. The minimum absolute atomic E-state index is 0.222. The van der Waals surface area contributed by atoms with Gasteiger partial charge in [-0.05, 0) is 37.3 Å². The van der Waals surface area contributed by atoms with Crippen LogP contribution in [0, 0.1) is 12.8 Å². The molecule has 4 rings (SSSR count). The molecule has 1 fully saturated rings. The van der Waals surface area contributed by atoms with Crippen molar-refractivity contribution in [2.24, 2.45) is 13.0 Å². The highest BCUT2D eigenvalue weighted by atomic mass is 16.5. The number of fused-ring (bicyclic) bond motifs is 1. The van der Waals surface area contributed by atoms with Crippen LogP contribution >= 0.6 is 0 Å². The van der Waals surface area contributed by atoms with E-state index in [4.69, 9.17) is 4.74 Å². The van der Waals surface area contributed by atoms with Gasteiger partial charge in [-0.25, -0.2) is 9.97 Å². The molecule has 1 unspecified atom stereocenters. The van der Waals surface area contributed by atoms with Crippen LogP contribution in [0.2, 0.25) is 0 Å². The third-order valence-corrected chi connectivity index (χ3v) is 5.18. The van der Waals surface area contributed by atoms with Crippen LogP contribution in [0.1, 0.15) is 36.0 Å². The Morgan fingerprint density at radius 3 is 2.88 bits per heavy atom. The predicted octanol–water partition coefficient (Wildman–Crippen LogP) is 2.63. The molecular weight excluding hydrogens is 314 g/mol. The number of hydrogen-bond donors (Lipinski definition) is 1. The first-order valence-corrected chi connectivity index (χ1v) is 8.94. The zero-order valence-electron chi connectivity index (χ0n) is 14.9. The minimum Gasteiger partial charge on any atom is -0.381 e. The van der Waals surface area contributed by atoms with E-state index >= 15 is 0 Å². The van der Waals surface area contributed by atoms with Crippen molar-refractivity contribution in [2.75, 3.05) is 13.2 Å². The Balaban J connectivity index is 1.58. The fraction of sp³-hybridized carbons (Fsp3) is 0.474. The summed E-state index contributed by atoms with van der Waals surface area (Å²) in [5.41, 5.74) is 3.39. The molecule has 4 heterocycles. The molecule has 0 radical (unpaired) electrons. The Bertz CT molecular complexity index is 846. The first-order chi connectivity index (χ1) is 12.2. The van der Waals surface area contributed by atoms with E-state index in [0.29, 0.717) is 5.92 Å². The summed E-state index contributed by atoms with van der Waals surface area (Å²) in [6, 6.07) is 4.39. The molecule has 132 valence electrons. The lowest BCUT2D eigenvalue weighted by atomic mass is 9.91. The first kappa shape index (κ1) is 16.3. The fourth-order valence-corrected chi connectivity index (χ4v) is 3.74. The average Bonchev–Trinajstić information content (AvgIpc) is 3.24. The highest BCUT2D eigenvalue weighted by Crippen LogP contribution is 2.29. The molecule has 0 aliphatic carbocycles. The van der Waals surface area contributed by atoms with Crippen LogP contribution in [-0.2, 0) is 18.3 Å². The number of nitrogens with zero attached hydrogens (tertiary/aromatic N) is 4. The SMILES string of the molecule is Cc1cccn2c(CNC(c3nccn3C)C3CCOCC3)cnc12. The predicted molar refractivity (Wildman–Crippen MR) is 96.3 cm³/mol. The van der Waals surface area contributed by atoms with Crippen LogP contribution in [0.4, 0.5) is 0 Å². The van der Waals surface area contributed by atoms with Crippen LogP contribution in [-0.4, -0.2) is 32.1 Å². The third kappa shape index (κ3) is 3.19. The van der Waals surface area contributed by atoms with Gasteiger partial charge in [0.1, 0.15) is 11.5 Å². The molecule has 6 heteroatoms. The maximum atomic E-state index is 5.55. The van der Waals surface area contributed by atoms with Gasteiger partial charge in [0, 0.05) is 45.4 Å². The Labute approximate surface area is 147 Å². The lowest BCUT2D eigenvalue weighted by Crippen LogP contribution is -2.33. The normalized spacial score (nSPS) is 17.2. The van der Waals surface area contributed by atoms with Crippen LogP contribution in [0.3, 0.4) is 0 Å². The summed E-state index contributed by atoms with van der Waals surface area (Å²) in [4.78, 5) is 9.18. The van der Waals surface area contributed by atoms with E-state index in [-0.39, 0.29) is 6.04 Å². The number of pyridine rings is 1. The van der Waals surface area contributed by atoms with Gasteiger partial charge in [-0.3, -0.25) is 0 Å². The molecule has 25 heavy (non-hydrogen) atoms. The molecule has 3 aromatic rings. The van der Waals surface area contributed by atoms with E-state index in [0.717, 1.165) is 44.1 Å². The monoisotopic (exact) mass is 339 g/mol. The smallest absolute Gasteiger partial charge is 0.139 e. The van der Waals surface area contributed by atoms with Gasteiger partial charge in [0.2, 0.25) is 0 Å². The molecule has 0 spiro atoms. The second kappa shape index (κ2) is 6.98. The van der Waals surface area contributed by atoms with Gasteiger partial charge in [-0.2, -0.15) is 0 Å². The lowest BCUT2D eigenvalue weighted by molar-refractivity contribution is 0.0517. The fourth-order valence-electron chi connectivity index (χ4n) is 3.74. The number of aromatic nitrogens is 4. The number of ether oxygens (including phenoxy) is 1. The van der Waals surface area contributed by atoms with Crippen molar-refractivity contribution in [1.29, 1.82) is 0 Å². The molecule has 1 atom stereocenters. The number of imidazole rings is 2. The topological polar surface area (TPSA) is 56.4 Å². The molecule has 0 aromatic carbocycles. The van der Waals surface area contributed by atoms with Crippen LogP contribution in [0.15, 0.2) is 36.9 Å². The second-order valence-corrected chi connectivity index (χ2v) is 6.84. The molecule has 1 aliphatic heterocycles. The van der Waals surface area contributed by atoms with Crippen molar-refractivity contribution in [3.8, 4) is 0 Å². The van der Waals surface area contributed by atoms with E-state index in [2.05, 4.69) is 56.6 Å². The summed E-state index contributed by atoms with van der Waals surface area (Å²) in [6.07, 6.45) is 10.1. The maximum absolute atomic E-state index is 5.55. The number of aryl methyl sites for hydroxylation is 2. The number of nitrogens with one attached hydrogen (secondary N) is 1. The molecule has 1 saturated heterocycles. The zero-order valence-corrected chi connectivity index (χ0v) is 14.9. The molecule has 6 nitrogen and oxygen atoms in total. The van der Waals surface area contributed by atoms with Gasteiger partial charge in [-0.1, -0.05) is 6.07 Å². The van der Waals surface area contributed by atoms with Crippen LogP contribution < -0.4 is 5.32 Å². The molecule has 0 bridgehead atoms. The van der Waals surface area contributed by atoms with E-state index in [1.807, 2.05) is 18.6 Å². The highest BCUT2D eigenvalue weighted by molar-refractivity contribution is 5.48. The van der Waals surface area contributed by atoms with Gasteiger partial charge in [0.05, 0.1) is 17.9 Å². The van der Waals surface area contributed by atoms with E-state index in [9.17, 15) is 0 Å². The van der Waals surface area contributed by atoms with Crippen molar-refractivity contribution >= 4 is 5.65 Å². The van der Waals surface area contributed by atoms with Crippen molar-refractivity contribution < 1.29 is 4.74 Å². The zero-order chi connectivity index (χ0) is 17.2. The van der Waals surface area contributed by atoms with Gasteiger partial charge >= 0.3 is 0 Å². The first-order valence-electron chi connectivity index (χ1n) is 8.94. The third-order valence-electron chi connectivity index (χ3n) is 5.18. The average molecular weight is 339 g/mol. The van der Waals surface area contributed by atoms with E-state index in [1.54, 1.807) is 0 Å². The Morgan fingerprint density at radius 1 is 1.28 bits per heavy atom. The summed E-state index contributed by atoms with van der Waals surface area (Å²) >= 11 is 0. The second-order valence-electron chi connectivity index (χ2n) is 6.84. The molecule has 3 aromatic heterocycles. The Hall–Kier alpha value is -2.18. The van der Waals surface area contributed by atoms with Gasteiger partial charge in [0.25, 0.3) is 0 Å². The van der Waals surface area contributed by atoms with Crippen molar-refractivity contribution in [3.05, 3.63) is 54.0 Å². The number of rotatable bonds is 5. The molecule has 0 saturated carbocycles. The lowest BCUT2D eigenvalue weighted by Gasteiger charge is -2.30. The summed E-state index contributed by atoms with van der Waals surface area (Å²) in [7, 11) is 2.06. The quantitative estimate of drug-likeness (QED) is 0.776. The maximum Gasteiger partial charge on any atom is 0.139 e. The highest BCUT2D eigenvalue weighted by Gasteiger charge is 2.28.